The monoisotopic (exact) mass is 253 g/mol. The van der Waals surface area contributed by atoms with Crippen LogP contribution in [-0.4, -0.2) is 6.61 Å². The quantitative estimate of drug-likeness (QED) is 0.734. The molecule has 0 radical (unpaired) electrons. The fourth-order valence-electron chi connectivity index (χ4n) is 2.99. The summed E-state index contributed by atoms with van der Waals surface area (Å²) in [5.41, 5.74) is 8.98. The third-order valence-corrected chi connectivity index (χ3v) is 3.93. The number of fused-ring (bicyclic) bond motifs is 4. The van der Waals surface area contributed by atoms with E-state index in [-0.39, 0.29) is 6.10 Å². The van der Waals surface area contributed by atoms with Gasteiger partial charge in [0.1, 0.15) is 17.6 Å². The van der Waals surface area contributed by atoms with Gasteiger partial charge in [-0.3, -0.25) is 0 Å². The van der Waals surface area contributed by atoms with Crippen molar-refractivity contribution in [3.05, 3.63) is 53.6 Å². The molecule has 96 valence electrons. The van der Waals surface area contributed by atoms with E-state index in [4.69, 9.17) is 15.2 Å². The molecule has 3 nitrogen and oxygen atoms in total. The smallest absolute Gasteiger partial charge is 0.134 e. The Morgan fingerprint density at radius 2 is 1.95 bits per heavy atom. The molecule has 0 bridgehead atoms. The van der Waals surface area contributed by atoms with Crippen molar-refractivity contribution in [1.82, 2.24) is 0 Å². The molecule has 2 unspecified atom stereocenters. The lowest BCUT2D eigenvalue weighted by Gasteiger charge is -2.38. The molecule has 2 heterocycles. The fraction of sp³-hybridized carbons (Fsp3) is 0.250. The summed E-state index contributed by atoms with van der Waals surface area (Å²) in [5.74, 6) is 2.25. The van der Waals surface area contributed by atoms with Crippen LogP contribution in [0.3, 0.4) is 0 Å². The summed E-state index contributed by atoms with van der Waals surface area (Å²) in [4.78, 5) is 0. The van der Waals surface area contributed by atoms with Gasteiger partial charge in [0, 0.05) is 17.2 Å². The summed E-state index contributed by atoms with van der Waals surface area (Å²) < 4.78 is 12.0. The minimum atomic E-state index is 0.0575. The number of para-hydroxylation sites is 1. The first-order valence-electron chi connectivity index (χ1n) is 6.58. The van der Waals surface area contributed by atoms with Gasteiger partial charge in [-0.25, -0.2) is 0 Å². The molecule has 2 aromatic carbocycles. The van der Waals surface area contributed by atoms with Gasteiger partial charge >= 0.3 is 0 Å². The first-order valence-corrected chi connectivity index (χ1v) is 6.58. The fourth-order valence-corrected chi connectivity index (χ4v) is 2.99. The predicted molar refractivity (Wildman–Crippen MR) is 73.4 cm³/mol. The molecule has 0 amide bonds. The van der Waals surface area contributed by atoms with Crippen molar-refractivity contribution >= 4 is 5.69 Å². The Morgan fingerprint density at radius 1 is 1.05 bits per heavy atom. The van der Waals surface area contributed by atoms with Gasteiger partial charge in [0.25, 0.3) is 0 Å². The molecule has 0 fully saturated rings. The molecule has 2 N–H and O–H groups in total. The molecular formula is C16H15NO2. The Morgan fingerprint density at radius 3 is 2.89 bits per heavy atom. The van der Waals surface area contributed by atoms with Gasteiger partial charge in [0.2, 0.25) is 0 Å². The lowest BCUT2D eigenvalue weighted by atomic mass is 9.85. The first-order chi connectivity index (χ1) is 9.31. The number of nitrogens with two attached hydrogens (primary N) is 1. The second-order valence-corrected chi connectivity index (χ2v) is 5.22. The van der Waals surface area contributed by atoms with Crippen LogP contribution in [0.15, 0.2) is 42.5 Å². The minimum Gasteiger partial charge on any atom is -0.493 e. The van der Waals surface area contributed by atoms with E-state index in [1.807, 2.05) is 30.3 Å². The van der Waals surface area contributed by atoms with Crippen LogP contribution in [0, 0.1) is 5.92 Å². The van der Waals surface area contributed by atoms with E-state index in [1.165, 1.54) is 5.56 Å². The summed E-state index contributed by atoms with van der Waals surface area (Å²) in [5, 5.41) is 0. The lowest BCUT2D eigenvalue weighted by molar-refractivity contribution is 0.0544. The molecule has 0 saturated carbocycles. The summed E-state index contributed by atoms with van der Waals surface area (Å²) >= 11 is 0. The molecule has 0 aromatic heterocycles. The van der Waals surface area contributed by atoms with Crippen LogP contribution in [-0.2, 0) is 6.42 Å². The molecule has 0 spiro atoms. The van der Waals surface area contributed by atoms with E-state index in [9.17, 15) is 0 Å². The van der Waals surface area contributed by atoms with Crippen LogP contribution in [0.1, 0.15) is 17.2 Å². The number of nitrogen functional groups attached to an aromatic ring is 1. The highest BCUT2D eigenvalue weighted by atomic mass is 16.5. The minimum absolute atomic E-state index is 0.0575. The van der Waals surface area contributed by atoms with Crippen LogP contribution in [0.4, 0.5) is 5.69 Å². The van der Waals surface area contributed by atoms with E-state index in [1.54, 1.807) is 0 Å². The molecule has 19 heavy (non-hydrogen) atoms. The molecule has 2 aromatic rings. The molecule has 0 saturated heterocycles. The number of anilines is 1. The Hall–Kier alpha value is -2.16. The average Bonchev–Trinajstić information content (AvgIpc) is 2.45. The predicted octanol–water partition coefficient (Wildman–Crippen LogP) is 2.95. The Kier molecular flexibility index (Phi) is 2.21. The van der Waals surface area contributed by atoms with E-state index >= 15 is 0 Å². The van der Waals surface area contributed by atoms with Crippen molar-refractivity contribution < 1.29 is 9.47 Å². The topological polar surface area (TPSA) is 44.5 Å². The second kappa shape index (κ2) is 3.92. The van der Waals surface area contributed by atoms with Crippen molar-refractivity contribution in [2.75, 3.05) is 12.3 Å². The molecule has 0 aliphatic carbocycles. The van der Waals surface area contributed by atoms with Gasteiger partial charge < -0.3 is 15.2 Å². The number of benzene rings is 2. The van der Waals surface area contributed by atoms with Crippen molar-refractivity contribution in [3.63, 3.8) is 0 Å². The van der Waals surface area contributed by atoms with Crippen molar-refractivity contribution in [2.45, 2.75) is 12.5 Å². The zero-order valence-corrected chi connectivity index (χ0v) is 10.5. The Labute approximate surface area is 112 Å². The zero-order chi connectivity index (χ0) is 12.8. The molecule has 3 heteroatoms. The highest BCUT2D eigenvalue weighted by molar-refractivity contribution is 5.51. The second-order valence-electron chi connectivity index (χ2n) is 5.22. The Balaban J connectivity index is 1.79. The molecular weight excluding hydrogens is 238 g/mol. The van der Waals surface area contributed by atoms with Crippen molar-refractivity contribution in [3.8, 4) is 11.5 Å². The molecule has 2 aliphatic rings. The number of hydrogen-bond acceptors (Lipinski definition) is 3. The van der Waals surface area contributed by atoms with E-state index in [2.05, 4.69) is 12.1 Å². The van der Waals surface area contributed by atoms with E-state index in [0.29, 0.717) is 12.5 Å². The number of ether oxygens (including phenoxy) is 2. The standard InChI is InChI=1S/C16H15NO2/c17-12-5-6-15-13(8-12)16-11(9-18-15)7-10-3-1-2-4-14(10)19-16/h1-6,8,11,16H,7,9,17H2. The Bertz CT molecular complexity index is 638. The number of rotatable bonds is 0. The maximum atomic E-state index is 6.18. The van der Waals surface area contributed by atoms with Gasteiger partial charge in [-0.05, 0) is 36.2 Å². The van der Waals surface area contributed by atoms with Crippen molar-refractivity contribution in [1.29, 1.82) is 0 Å². The highest BCUT2D eigenvalue weighted by Crippen LogP contribution is 2.44. The van der Waals surface area contributed by atoms with Crippen LogP contribution in [0.5, 0.6) is 11.5 Å². The van der Waals surface area contributed by atoms with Crippen LogP contribution < -0.4 is 15.2 Å². The van der Waals surface area contributed by atoms with E-state index < -0.39 is 0 Å². The number of hydrogen-bond donors (Lipinski definition) is 1. The van der Waals surface area contributed by atoms with Gasteiger partial charge in [-0.15, -0.1) is 0 Å². The third kappa shape index (κ3) is 1.65. The third-order valence-electron chi connectivity index (χ3n) is 3.93. The lowest BCUT2D eigenvalue weighted by Crippen LogP contribution is -2.34. The summed E-state index contributed by atoms with van der Waals surface area (Å²) in [6.45, 7) is 0.704. The maximum Gasteiger partial charge on any atom is 0.134 e. The molecule has 2 aliphatic heterocycles. The zero-order valence-electron chi connectivity index (χ0n) is 10.5. The maximum absolute atomic E-state index is 6.18. The SMILES string of the molecule is Nc1ccc2c(c1)C1Oc3ccccc3CC1CO2. The summed E-state index contributed by atoms with van der Waals surface area (Å²) in [6.07, 6.45) is 1.05. The van der Waals surface area contributed by atoms with Gasteiger partial charge in [0.05, 0.1) is 6.61 Å². The van der Waals surface area contributed by atoms with Gasteiger partial charge in [0.15, 0.2) is 0 Å². The first kappa shape index (κ1) is 10.7. The van der Waals surface area contributed by atoms with Gasteiger partial charge in [-0.1, -0.05) is 18.2 Å². The molecule has 4 rings (SSSR count). The molecule has 2 atom stereocenters. The van der Waals surface area contributed by atoms with Crippen molar-refractivity contribution in [2.24, 2.45) is 5.92 Å². The largest absolute Gasteiger partial charge is 0.493 e. The average molecular weight is 253 g/mol. The van der Waals surface area contributed by atoms with Crippen LogP contribution in [0.25, 0.3) is 0 Å². The highest BCUT2D eigenvalue weighted by Gasteiger charge is 2.36. The van der Waals surface area contributed by atoms with Crippen LogP contribution in [0.2, 0.25) is 0 Å². The summed E-state index contributed by atoms with van der Waals surface area (Å²) in [7, 11) is 0. The van der Waals surface area contributed by atoms with Gasteiger partial charge in [-0.2, -0.15) is 0 Å². The van der Waals surface area contributed by atoms with E-state index in [0.717, 1.165) is 29.2 Å². The summed E-state index contributed by atoms with van der Waals surface area (Å²) in [6, 6.07) is 14.0. The van der Waals surface area contributed by atoms with Crippen LogP contribution >= 0.6 is 0 Å². The normalized spacial score (nSPS) is 23.4.